The van der Waals surface area contributed by atoms with Crippen LogP contribution in [0.5, 0.6) is 0 Å². The average Bonchev–Trinajstić information content (AvgIpc) is 2.00. The lowest BCUT2D eigenvalue weighted by atomic mass is 10.5. The first kappa shape index (κ1) is 11.6. The van der Waals surface area contributed by atoms with Crippen molar-refractivity contribution in [2.75, 3.05) is 12.4 Å². The van der Waals surface area contributed by atoms with E-state index in [9.17, 15) is 9.00 Å². The van der Waals surface area contributed by atoms with Crippen LogP contribution < -0.4 is 0 Å². The molecular formula is C8H16O3S. The van der Waals surface area contributed by atoms with Crippen molar-refractivity contribution in [3.63, 3.8) is 0 Å². The molecule has 12 heavy (non-hydrogen) atoms. The maximum atomic E-state index is 11.2. The Balaban J connectivity index is 3.54. The second-order valence-corrected chi connectivity index (χ2v) is 4.80. The molecule has 0 aromatic carbocycles. The van der Waals surface area contributed by atoms with Crippen LogP contribution in [0.3, 0.4) is 0 Å². The monoisotopic (exact) mass is 192 g/mol. The van der Waals surface area contributed by atoms with Crippen LogP contribution in [0.2, 0.25) is 0 Å². The quantitative estimate of drug-likeness (QED) is 0.613. The molecule has 0 aliphatic rings. The van der Waals surface area contributed by atoms with Crippen molar-refractivity contribution in [1.29, 1.82) is 0 Å². The normalized spacial score (nSPS) is 13.0. The second kappa shape index (κ2) is 6.17. The van der Waals surface area contributed by atoms with Gasteiger partial charge in [-0.1, -0.05) is 13.8 Å². The summed E-state index contributed by atoms with van der Waals surface area (Å²) in [6.07, 6.45) is 0.263. The molecule has 0 radical (unpaired) electrons. The summed E-state index contributed by atoms with van der Waals surface area (Å²) in [4.78, 5) is 10.8. The maximum absolute atomic E-state index is 11.2. The topological polar surface area (TPSA) is 43.4 Å². The second-order valence-electron chi connectivity index (χ2n) is 2.69. The first-order chi connectivity index (χ1) is 5.57. The fraction of sp³-hybridized carbons (Fsp3) is 0.875. The Morgan fingerprint density at radius 3 is 2.50 bits per heavy atom. The molecule has 4 heteroatoms. The molecular weight excluding hydrogens is 176 g/mol. The zero-order valence-corrected chi connectivity index (χ0v) is 8.65. The molecule has 0 saturated heterocycles. The Hall–Kier alpha value is -0.380. The summed E-state index contributed by atoms with van der Waals surface area (Å²) < 4.78 is 15.9. The Kier molecular flexibility index (Phi) is 5.98. The van der Waals surface area contributed by atoms with Gasteiger partial charge in [-0.05, 0) is 6.92 Å². The third-order valence-electron chi connectivity index (χ3n) is 1.34. The third kappa shape index (κ3) is 5.29. The predicted octanol–water partition coefficient (Wildman–Crippen LogP) is 1.10. The lowest BCUT2D eigenvalue weighted by Crippen LogP contribution is -2.14. The minimum Gasteiger partial charge on any atom is -0.466 e. The van der Waals surface area contributed by atoms with Gasteiger partial charge in [0.2, 0.25) is 0 Å². The van der Waals surface area contributed by atoms with E-state index in [0.717, 1.165) is 0 Å². The summed E-state index contributed by atoms with van der Waals surface area (Å²) in [7, 11) is -0.897. The Morgan fingerprint density at radius 1 is 1.50 bits per heavy atom. The fourth-order valence-corrected chi connectivity index (χ4v) is 1.49. The van der Waals surface area contributed by atoms with Crippen molar-refractivity contribution in [3.05, 3.63) is 0 Å². The van der Waals surface area contributed by atoms with Gasteiger partial charge in [-0.15, -0.1) is 0 Å². The summed E-state index contributed by atoms with van der Waals surface area (Å²) >= 11 is 0. The predicted molar refractivity (Wildman–Crippen MR) is 49.4 cm³/mol. The summed E-state index contributed by atoms with van der Waals surface area (Å²) in [5.74, 6) is 0.155. The minimum absolute atomic E-state index is 0.124. The standard InChI is InChI=1S/C8H16O3S/c1-4-11-8(9)5-6-12(10)7(2)3/h7H,4-6H2,1-3H3. The maximum Gasteiger partial charge on any atom is 0.306 e. The Bertz CT molecular complexity index is 166. The Labute approximate surface area is 75.9 Å². The van der Waals surface area contributed by atoms with Crippen molar-refractivity contribution in [3.8, 4) is 0 Å². The Morgan fingerprint density at radius 2 is 2.08 bits per heavy atom. The summed E-state index contributed by atoms with van der Waals surface area (Å²) in [5, 5.41) is 0.124. The van der Waals surface area contributed by atoms with E-state index in [-0.39, 0.29) is 17.6 Å². The average molecular weight is 192 g/mol. The largest absolute Gasteiger partial charge is 0.466 e. The van der Waals surface area contributed by atoms with Gasteiger partial charge in [0, 0.05) is 21.8 Å². The summed E-state index contributed by atoms with van der Waals surface area (Å²) in [6.45, 7) is 5.91. The third-order valence-corrected chi connectivity index (χ3v) is 3.00. The number of esters is 1. The molecule has 1 unspecified atom stereocenters. The molecule has 1 atom stereocenters. The van der Waals surface area contributed by atoms with Gasteiger partial charge in [-0.3, -0.25) is 9.00 Å². The van der Waals surface area contributed by atoms with Gasteiger partial charge >= 0.3 is 5.97 Å². The van der Waals surface area contributed by atoms with E-state index in [0.29, 0.717) is 12.4 Å². The van der Waals surface area contributed by atoms with Gasteiger partial charge in [0.05, 0.1) is 13.0 Å². The number of rotatable bonds is 5. The zero-order valence-electron chi connectivity index (χ0n) is 7.83. The van der Waals surface area contributed by atoms with Crippen LogP contribution in [-0.2, 0) is 20.3 Å². The van der Waals surface area contributed by atoms with E-state index in [1.807, 2.05) is 13.8 Å². The molecule has 0 aromatic heterocycles. The van der Waals surface area contributed by atoms with Crippen molar-refractivity contribution < 1.29 is 13.7 Å². The molecule has 72 valence electrons. The van der Waals surface area contributed by atoms with E-state index >= 15 is 0 Å². The number of carbonyl (C=O) groups excluding carboxylic acids is 1. The number of ether oxygens (including phenoxy) is 1. The van der Waals surface area contributed by atoms with Crippen molar-refractivity contribution in [1.82, 2.24) is 0 Å². The van der Waals surface area contributed by atoms with Gasteiger partial charge < -0.3 is 4.74 Å². The molecule has 0 N–H and O–H groups in total. The molecule has 3 nitrogen and oxygen atoms in total. The van der Waals surface area contributed by atoms with Crippen LogP contribution in [0.4, 0.5) is 0 Å². The number of hydrogen-bond acceptors (Lipinski definition) is 3. The molecule has 0 rings (SSSR count). The molecule has 0 spiro atoms. The van der Waals surface area contributed by atoms with Crippen LogP contribution >= 0.6 is 0 Å². The highest BCUT2D eigenvalue weighted by atomic mass is 32.2. The van der Waals surface area contributed by atoms with E-state index in [1.165, 1.54) is 0 Å². The van der Waals surface area contributed by atoms with Gasteiger partial charge in [-0.2, -0.15) is 0 Å². The van der Waals surface area contributed by atoms with Crippen molar-refractivity contribution in [2.24, 2.45) is 0 Å². The van der Waals surface area contributed by atoms with Crippen LogP contribution in [0.1, 0.15) is 27.2 Å². The highest BCUT2D eigenvalue weighted by Gasteiger charge is 2.08. The summed E-state index contributed by atoms with van der Waals surface area (Å²) in [5.41, 5.74) is 0. The van der Waals surface area contributed by atoms with Crippen LogP contribution in [0, 0.1) is 0 Å². The molecule has 0 bridgehead atoms. The molecule has 0 aliphatic carbocycles. The molecule has 0 heterocycles. The highest BCUT2D eigenvalue weighted by Crippen LogP contribution is 1.97. The molecule has 0 saturated carbocycles. The van der Waals surface area contributed by atoms with Gasteiger partial charge in [-0.25, -0.2) is 0 Å². The van der Waals surface area contributed by atoms with E-state index < -0.39 is 10.8 Å². The minimum atomic E-state index is -0.897. The number of carbonyl (C=O) groups is 1. The smallest absolute Gasteiger partial charge is 0.306 e. The number of hydrogen-bond donors (Lipinski definition) is 0. The van der Waals surface area contributed by atoms with Crippen LogP contribution in [0.15, 0.2) is 0 Å². The molecule has 0 fully saturated rings. The van der Waals surface area contributed by atoms with Gasteiger partial charge in [0.25, 0.3) is 0 Å². The summed E-state index contributed by atoms with van der Waals surface area (Å²) in [6, 6.07) is 0. The van der Waals surface area contributed by atoms with E-state index in [4.69, 9.17) is 4.74 Å². The lowest BCUT2D eigenvalue weighted by Gasteiger charge is -2.04. The first-order valence-corrected chi connectivity index (χ1v) is 5.49. The van der Waals surface area contributed by atoms with Crippen molar-refractivity contribution >= 4 is 16.8 Å². The van der Waals surface area contributed by atoms with Gasteiger partial charge in [0.1, 0.15) is 0 Å². The van der Waals surface area contributed by atoms with Crippen molar-refractivity contribution in [2.45, 2.75) is 32.4 Å². The van der Waals surface area contributed by atoms with Gasteiger partial charge in [0.15, 0.2) is 0 Å². The SMILES string of the molecule is CCOC(=O)CCS(=O)C(C)C. The molecule has 0 aliphatic heterocycles. The molecule has 0 amide bonds. The zero-order chi connectivity index (χ0) is 9.56. The first-order valence-electron chi connectivity index (χ1n) is 4.10. The van der Waals surface area contributed by atoms with Crippen LogP contribution in [0.25, 0.3) is 0 Å². The highest BCUT2D eigenvalue weighted by molar-refractivity contribution is 7.85. The fourth-order valence-electron chi connectivity index (χ4n) is 0.653. The van der Waals surface area contributed by atoms with E-state index in [1.54, 1.807) is 6.92 Å². The molecule has 0 aromatic rings. The van der Waals surface area contributed by atoms with Crippen LogP contribution in [-0.4, -0.2) is 27.8 Å². The van der Waals surface area contributed by atoms with E-state index in [2.05, 4.69) is 0 Å². The lowest BCUT2D eigenvalue weighted by molar-refractivity contribution is -0.142.